The number of hydrogen-bond acceptors (Lipinski definition) is 3. The predicted octanol–water partition coefficient (Wildman–Crippen LogP) is -1.99. The van der Waals surface area contributed by atoms with Crippen LogP contribution in [-0.2, 0) is 6.54 Å². The van der Waals surface area contributed by atoms with Crippen LogP contribution in [0.2, 0.25) is 5.02 Å². The predicted molar refractivity (Wildman–Crippen MR) is 91.2 cm³/mol. The van der Waals surface area contributed by atoms with Gasteiger partial charge in [-0.2, -0.15) is 0 Å². The highest BCUT2D eigenvalue weighted by Gasteiger charge is 2.12. The van der Waals surface area contributed by atoms with Crippen molar-refractivity contribution >= 4 is 11.6 Å². The van der Waals surface area contributed by atoms with E-state index in [-0.39, 0.29) is 24.8 Å². The standard InChI is InChI=1S/C18H23ClN2O.2ClH/c1-13-2-3-15(10-17(13)19)18-5-4-16(22-18)12-21-11-14-6-8-20-9-7-14;;/h2-5,10,14,20-21H,6-9,11-12H2,1H3;2*1H/p-2. The molecule has 0 saturated carbocycles. The van der Waals surface area contributed by atoms with Crippen molar-refractivity contribution in [2.24, 2.45) is 5.92 Å². The summed E-state index contributed by atoms with van der Waals surface area (Å²) in [5.41, 5.74) is 2.11. The zero-order valence-corrected chi connectivity index (χ0v) is 16.0. The Hall–Kier alpha value is -0.710. The van der Waals surface area contributed by atoms with Crippen LogP contribution < -0.4 is 35.4 Å². The highest BCUT2D eigenvalue weighted by molar-refractivity contribution is 6.31. The largest absolute Gasteiger partial charge is 1.00 e. The smallest absolute Gasteiger partial charge is 0.134 e. The number of piperidine rings is 1. The van der Waals surface area contributed by atoms with E-state index in [1.807, 2.05) is 37.3 Å². The minimum absolute atomic E-state index is 0. The summed E-state index contributed by atoms with van der Waals surface area (Å²) in [6.45, 7) is 6.14. The van der Waals surface area contributed by atoms with Gasteiger partial charge in [-0.25, -0.2) is 0 Å². The van der Waals surface area contributed by atoms with E-state index in [4.69, 9.17) is 16.0 Å². The van der Waals surface area contributed by atoms with Crippen LogP contribution >= 0.6 is 11.6 Å². The molecule has 2 aromatic rings. The lowest BCUT2D eigenvalue weighted by atomic mass is 9.98. The van der Waals surface area contributed by atoms with E-state index < -0.39 is 0 Å². The Morgan fingerprint density at radius 1 is 1.17 bits per heavy atom. The minimum atomic E-state index is 0. The number of rotatable bonds is 5. The van der Waals surface area contributed by atoms with Crippen molar-refractivity contribution in [2.45, 2.75) is 26.3 Å². The third kappa shape index (κ3) is 5.68. The fourth-order valence-electron chi connectivity index (χ4n) is 2.86. The lowest BCUT2D eigenvalue weighted by Gasteiger charge is -2.22. The SMILES string of the molecule is Cc1ccc(-c2ccc(CNCC3CCNCC3)o2)cc1Cl.[Cl-].[Cl-]. The Morgan fingerprint density at radius 2 is 1.92 bits per heavy atom. The first-order valence-corrected chi connectivity index (χ1v) is 8.37. The molecular formula is C18H23Cl3N2O-2. The van der Waals surface area contributed by atoms with Crippen molar-refractivity contribution in [1.82, 2.24) is 10.6 Å². The van der Waals surface area contributed by atoms with Crippen LogP contribution in [-0.4, -0.2) is 19.6 Å². The van der Waals surface area contributed by atoms with Gasteiger partial charge < -0.3 is 39.9 Å². The summed E-state index contributed by atoms with van der Waals surface area (Å²) in [6.07, 6.45) is 2.52. The second kappa shape index (κ2) is 10.3. The normalized spacial score (nSPS) is 14.8. The molecule has 134 valence electrons. The summed E-state index contributed by atoms with van der Waals surface area (Å²) in [5, 5.41) is 7.68. The second-order valence-corrected chi connectivity index (χ2v) is 6.46. The van der Waals surface area contributed by atoms with Crippen LogP contribution in [0.5, 0.6) is 0 Å². The van der Waals surface area contributed by atoms with Crippen molar-refractivity contribution in [3.8, 4) is 11.3 Å². The summed E-state index contributed by atoms with van der Waals surface area (Å²) in [5.74, 6) is 2.63. The van der Waals surface area contributed by atoms with Gasteiger partial charge >= 0.3 is 0 Å². The molecule has 0 amide bonds. The van der Waals surface area contributed by atoms with Crippen LogP contribution in [0.3, 0.4) is 0 Å². The van der Waals surface area contributed by atoms with E-state index >= 15 is 0 Å². The number of nitrogens with one attached hydrogen (secondary N) is 2. The van der Waals surface area contributed by atoms with Crippen LogP contribution in [0.25, 0.3) is 11.3 Å². The van der Waals surface area contributed by atoms with Crippen molar-refractivity contribution < 1.29 is 29.2 Å². The highest BCUT2D eigenvalue weighted by Crippen LogP contribution is 2.26. The number of aryl methyl sites for hydroxylation is 1. The summed E-state index contributed by atoms with van der Waals surface area (Å²) in [6, 6.07) is 10.1. The molecule has 0 radical (unpaired) electrons. The quantitative estimate of drug-likeness (QED) is 0.621. The third-order valence-electron chi connectivity index (χ3n) is 4.31. The van der Waals surface area contributed by atoms with E-state index in [0.717, 1.165) is 59.8 Å². The van der Waals surface area contributed by atoms with Gasteiger partial charge in [-0.05, 0) is 69.1 Å². The van der Waals surface area contributed by atoms with E-state index in [1.54, 1.807) is 0 Å². The molecule has 6 heteroatoms. The molecular weight excluding hydrogens is 367 g/mol. The fraction of sp³-hybridized carbons (Fsp3) is 0.444. The van der Waals surface area contributed by atoms with Gasteiger partial charge in [-0.1, -0.05) is 23.7 Å². The van der Waals surface area contributed by atoms with Gasteiger partial charge in [0.15, 0.2) is 0 Å². The van der Waals surface area contributed by atoms with E-state index in [9.17, 15) is 0 Å². The van der Waals surface area contributed by atoms with Crippen LogP contribution in [0, 0.1) is 12.8 Å². The first-order valence-electron chi connectivity index (χ1n) is 7.99. The average Bonchev–Trinajstić information content (AvgIpc) is 3.00. The lowest BCUT2D eigenvalue weighted by molar-refractivity contribution is -0.00100. The second-order valence-electron chi connectivity index (χ2n) is 6.05. The molecule has 1 fully saturated rings. The molecule has 1 aliphatic rings. The summed E-state index contributed by atoms with van der Waals surface area (Å²) in [4.78, 5) is 0. The van der Waals surface area contributed by atoms with E-state index in [2.05, 4.69) is 10.6 Å². The maximum absolute atomic E-state index is 6.18. The molecule has 1 aromatic heterocycles. The van der Waals surface area contributed by atoms with Crippen molar-refractivity contribution in [2.75, 3.05) is 19.6 Å². The number of halogens is 3. The molecule has 2 heterocycles. The van der Waals surface area contributed by atoms with Crippen LogP contribution in [0.4, 0.5) is 0 Å². The molecule has 1 saturated heterocycles. The van der Waals surface area contributed by atoms with Gasteiger partial charge in [0.1, 0.15) is 11.5 Å². The maximum atomic E-state index is 6.18. The number of furan rings is 1. The summed E-state index contributed by atoms with van der Waals surface area (Å²) in [7, 11) is 0. The minimum Gasteiger partial charge on any atom is -1.00 e. The van der Waals surface area contributed by atoms with Gasteiger partial charge in [-0.15, -0.1) is 0 Å². The van der Waals surface area contributed by atoms with Gasteiger partial charge in [0.2, 0.25) is 0 Å². The van der Waals surface area contributed by atoms with Gasteiger partial charge in [-0.3, -0.25) is 0 Å². The average molecular weight is 390 g/mol. The fourth-order valence-corrected chi connectivity index (χ4v) is 3.04. The molecule has 24 heavy (non-hydrogen) atoms. The molecule has 1 aromatic carbocycles. The monoisotopic (exact) mass is 388 g/mol. The molecule has 3 nitrogen and oxygen atoms in total. The Kier molecular flexibility index (Phi) is 9.17. The molecule has 0 spiro atoms. The van der Waals surface area contributed by atoms with Crippen LogP contribution in [0.15, 0.2) is 34.7 Å². The molecule has 0 unspecified atom stereocenters. The Morgan fingerprint density at radius 3 is 2.62 bits per heavy atom. The molecule has 0 aliphatic carbocycles. The topological polar surface area (TPSA) is 37.2 Å². The Balaban J connectivity index is 0.00000144. The molecule has 2 N–H and O–H groups in total. The van der Waals surface area contributed by atoms with Crippen molar-refractivity contribution in [1.29, 1.82) is 0 Å². The highest BCUT2D eigenvalue weighted by atomic mass is 35.5. The van der Waals surface area contributed by atoms with Gasteiger partial charge in [0.05, 0.1) is 6.54 Å². The lowest BCUT2D eigenvalue weighted by Crippen LogP contribution is -3.00. The third-order valence-corrected chi connectivity index (χ3v) is 4.72. The van der Waals surface area contributed by atoms with Crippen LogP contribution in [0.1, 0.15) is 24.2 Å². The van der Waals surface area contributed by atoms with Crippen molar-refractivity contribution in [3.05, 3.63) is 46.7 Å². The summed E-state index contributed by atoms with van der Waals surface area (Å²) >= 11 is 6.18. The Labute approximate surface area is 161 Å². The maximum Gasteiger partial charge on any atom is 0.134 e. The first kappa shape index (κ1) is 21.3. The zero-order valence-electron chi connectivity index (χ0n) is 13.7. The van der Waals surface area contributed by atoms with E-state index in [0.29, 0.717) is 0 Å². The first-order chi connectivity index (χ1) is 10.7. The molecule has 1 aliphatic heterocycles. The van der Waals surface area contributed by atoms with Crippen molar-refractivity contribution in [3.63, 3.8) is 0 Å². The van der Waals surface area contributed by atoms with Gasteiger partial charge in [0.25, 0.3) is 0 Å². The Bertz CT molecular complexity index is 624. The van der Waals surface area contributed by atoms with Gasteiger partial charge in [0, 0.05) is 10.6 Å². The number of benzene rings is 1. The van der Waals surface area contributed by atoms with E-state index in [1.165, 1.54) is 12.8 Å². The zero-order chi connectivity index (χ0) is 15.4. The molecule has 3 rings (SSSR count). The molecule has 0 atom stereocenters. The summed E-state index contributed by atoms with van der Waals surface area (Å²) < 4.78 is 5.92. The number of hydrogen-bond donors (Lipinski definition) is 2. The molecule has 0 bridgehead atoms.